The minimum absolute atomic E-state index is 0.0774. The average molecular weight is 261 g/mol. The van der Waals surface area contributed by atoms with Crippen molar-refractivity contribution in [3.05, 3.63) is 35.4 Å². The zero-order valence-corrected chi connectivity index (χ0v) is 12.0. The number of carbonyl (C=O) groups excluding carboxylic acids is 1. The van der Waals surface area contributed by atoms with Crippen molar-refractivity contribution in [2.75, 3.05) is 13.2 Å². The predicted molar refractivity (Wildman–Crippen MR) is 76.2 cm³/mol. The van der Waals surface area contributed by atoms with E-state index in [9.17, 15) is 4.79 Å². The molecular weight excluding hydrogens is 238 g/mol. The Hall–Kier alpha value is -1.35. The summed E-state index contributed by atoms with van der Waals surface area (Å²) < 4.78 is 5.41. The van der Waals surface area contributed by atoms with E-state index in [4.69, 9.17) is 4.74 Å². The number of aryl methyl sites for hydroxylation is 1. The van der Waals surface area contributed by atoms with Crippen LogP contribution in [0.3, 0.4) is 0 Å². The van der Waals surface area contributed by atoms with Crippen LogP contribution in [0.25, 0.3) is 0 Å². The van der Waals surface area contributed by atoms with E-state index in [2.05, 4.69) is 11.4 Å². The smallest absolute Gasteiger partial charge is 0.230 e. The van der Waals surface area contributed by atoms with E-state index in [1.54, 1.807) is 0 Å². The Morgan fingerprint density at radius 1 is 1.42 bits per heavy atom. The maximum Gasteiger partial charge on any atom is 0.230 e. The Bertz CT molecular complexity index is 448. The average Bonchev–Trinajstić information content (AvgIpc) is 2.40. The Balaban J connectivity index is 2.07. The predicted octanol–water partition coefficient (Wildman–Crippen LogP) is 2.57. The van der Waals surface area contributed by atoms with Crippen molar-refractivity contribution < 1.29 is 9.53 Å². The maximum atomic E-state index is 12.5. The highest BCUT2D eigenvalue weighted by Crippen LogP contribution is 2.24. The van der Waals surface area contributed by atoms with Gasteiger partial charge in [0.25, 0.3) is 0 Å². The molecule has 0 unspecified atom stereocenters. The first-order valence-corrected chi connectivity index (χ1v) is 6.96. The van der Waals surface area contributed by atoms with E-state index in [1.165, 1.54) is 5.56 Å². The minimum Gasteiger partial charge on any atom is -0.379 e. The lowest BCUT2D eigenvalue weighted by Crippen LogP contribution is -2.48. The Morgan fingerprint density at radius 3 is 2.84 bits per heavy atom. The van der Waals surface area contributed by atoms with Crippen molar-refractivity contribution in [1.82, 2.24) is 5.32 Å². The normalized spacial score (nSPS) is 20.1. The summed E-state index contributed by atoms with van der Waals surface area (Å²) in [6.45, 7) is 7.44. The second-order valence-electron chi connectivity index (χ2n) is 5.88. The molecule has 2 rings (SSSR count). The molecule has 0 aromatic heterocycles. The van der Waals surface area contributed by atoms with Gasteiger partial charge in [0.15, 0.2) is 0 Å². The van der Waals surface area contributed by atoms with Gasteiger partial charge in [-0.15, -0.1) is 0 Å². The van der Waals surface area contributed by atoms with E-state index in [1.807, 2.05) is 39.0 Å². The van der Waals surface area contributed by atoms with Gasteiger partial charge in [-0.3, -0.25) is 4.79 Å². The van der Waals surface area contributed by atoms with Crippen molar-refractivity contribution in [2.24, 2.45) is 0 Å². The minimum atomic E-state index is -0.510. The number of hydrogen-bond acceptors (Lipinski definition) is 2. The van der Waals surface area contributed by atoms with Crippen molar-refractivity contribution in [3.8, 4) is 0 Å². The highest BCUT2D eigenvalue weighted by atomic mass is 16.5. The van der Waals surface area contributed by atoms with Crippen LogP contribution in [0.4, 0.5) is 0 Å². The molecule has 1 aromatic rings. The van der Waals surface area contributed by atoms with Gasteiger partial charge >= 0.3 is 0 Å². The molecular formula is C16H23NO2. The number of carbonyl (C=O) groups is 1. The molecule has 0 radical (unpaired) electrons. The molecule has 3 nitrogen and oxygen atoms in total. The molecule has 1 aliphatic heterocycles. The van der Waals surface area contributed by atoms with E-state index >= 15 is 0 Å². The first-order valence-electron chi connectivity index (χ1n) is 6.96. The van der Waals surface area contributed by atoms with Crippen molar-refractivity contribution in [2.45, 2.75) is 45.1 Å². The lowest BCUT2D eigenvalue weighted by Gasteiger charge is -2.29. The summed E-state index contributed by atoms with van der Waals surface area (Å²) >= 11 is 0. The molecule has 1 aliphatic rings. The zero-order chi connectivity index (χ0) is 13.9. The van der Waals surface area contributed by atoms with Crippen LogP contribution in [0.5, 0.6) is 0 Å². The summed E-state index contributed by atoms with van der Waals surface area (Å²) in [5, 5.41) is 3.11. The SMILES string of the molecule is Cc1cccc(C(C)(C)C(=O)N[C@H]2CCCOC2)c1. The lowest BCUT2D eigenvalue weighted by atomic mass is 9.82. The summed E-state index contributed by atoms with van der Waals surface area (Å²) in [6.07, 6.45) is 2.03. The quantitative estimate of drug-likeness (QED) is 0.908. The molecule has 0 spiro atoms. The largest absolute Gasteiger partial charge is 0.379 e. The molecule has 104 valence electrons. The molecule has 0 aliphatic carbocycles. The van der Waals surface area contributed by atoms with Gasteiger partial charge in [0, 0.05) is 6.61 Å². The summed E-state index contributed by atoms with van der Waals surface area (Å²) in [7, 11) is 0. The summed E-state index contributed by atoms with van der Waals surface area (Å²) in [5.74, 6) is 0.0774. The maximum absolute atomic E-state index is 12.5. The highest BCUT2D eigenvalue weighted by molar-refractivity contribution is 5.87. The number of ether oxygens (including phenoxy) is 1. The summed E-state index contributed by atoms with van der Waals surface area (Å²) in [4.78, 5) is 12.5. The van der Waals surface area contributed by atoms with E-state index < -0.39 is 5.41 Å². The third kappa shape index (κ3) is 3.35. The second-order valence-corrected chi connectivity index (χ2v) is 5.88. The van der Waals surface area contributed by atoms with Gasteiger partial charge in [0.1, 0.15) is 0 Å². The first kappa shape index (κ1) is 14.1. The lowest BCUT2D eigenvalue weighted by molar-refractivity contribution is -0.127. The van der Waals surface area contributed by atoms with Crippen LogP contribution in [0.15, 0.2) is 24.3 Å². The fourth-order valence-corrected chi connectivity index (χ4v) is 2.39. The molecule has 1 heterocycles. The van der Waals surface area contributed by atoms with E-state index in [0.717, 1.165) is 25.0 Å². The number of hydrogen-bond donors (Lipinski definition) is 1. The molecule has 1 amide bonds. The van der Waals surface area contributed by atoms with Crippen molar-refractivity contribution in [1.29, 1.82) is 0 Å². The molecule has 1 atom stereocenters. The van der Waals surface area contributed by atoms with Crippen LogP contribution < -0.4 is 5.32 Å². The standard InChI is InChI=1S/C16H23NO2/c1-12-6-4-7-13(10-12)16(2,3)15(18)17-14-8-5-9-19-11-14/h4,6-7,10,14H,5,8-9,11H2,1-3H3,(H,17,18)/t14-/m0/s1. The third-order valence-electron chi connectivity index (χ3n) is 3.80. The molecule has 1 saturated heterocycles. The highest BCUT2D eigenvalue weighted by Gasteiger charge is 2.31. The van der Waals surface area contributed by atoms with Crippen molar-refractivity contribution >= 4 is 5.91 Å². The Kier molecular flexibility index (Phi) is 4.25. The second kappa shape index (κ2) is 5.74. The summed E-state index contributed by atoms with van der Waals surface area (Å²) in [5.41, 5.74) is 1.73. The van der Waals surface area contributed by atoms with Gasteiger partial charge in [-0.05, 0) is 39.2 Å². The van der Waals surface area contributed by atoms with Gasteiger partial charge < -0.3 is 10.1 Å². The topological polar surface area (TPSA) is 38.3 Å². The van der Waals surface area contributed by atoms with Crippen LogP contribution in [-0.2, 0) is 14.9 Å². The molecule has 1 fully saturated rings. The molecule has 19 heavy (non-hydrogen) atoms. The van der Waals surface area contributed by atoms with Crippen LogP contribution in [0.1, 0.15) is 37.8 Å². The number of benzene rings is 1. The molecule has 0 saturated carbocycles. The van der Waals surface area contributed by atoms with Crippen LogP contribution >= 0.6 is 0 Å². The first-order chi connectivity index (χ1) is 9.00. The molecule has 1 aromatic carbocycles. The van der Waals surface area contributed by atoms with Gasteiger partial charge in [0.05, 0.1) is 18.1 Å². The van der Waals surface area contributed by atoms with E-state index in [-0.39, 0.29) is 11.9 Å². The third-order valence-corrected chi connectivity index (χ3v) is 3.80. The van der Waals surface area contributed by atoms with Gasteiger partial charge in [-0.2, -0.15) is 0 Å². The molecule has 3 heteroatoms. The van der Waals surface area contributed by atoms with Crippen LogP contribution in [-0.4, -0.2) is 25.2 Å². The fourth-order valence-electron chi connectivity index (χ4n) is 2.39. The van der Waals surface area contributed by atoms with E-state index in [0.29, 0.717) is 6.61 Å². The number of amides is 1. The number of rotatable bonds is 3. The number of nitrogens with one attached hydrogen (secondary N) is 1. The van der Waals surface area contributed by atoms with Gasteiger partial charge in [-0.1, -0.05) is 29.8 Å². The fraction of sp³-hybridized carbons (Fsp3) is 0.562. The Labute approximate surface area is 115 Å². The van der Waals surface area contributed by atoms with Gasteiger partial charge in [-0.25, -0.2) is 0 Å². The van der Waals surface area contributed by atoms with Crippen LogP contribution in [0.2, 0.25) is 0 Å². The zero-order valence-electron chi connectivity index (χ0n) is 12.0. The molecule has 1 N–H and O–H groups in total. The van der Waals surface area contributed by atoms with Crippen LogP contribution in [0, 0.1) is 6.92 Å². The monoisotopic (exact) mass is 261 g/mol. The Morgan fingerprint density at radius 2 is 2.21 bits per heavy atom. The summed E-state index contributed by atoms with van der Waals surface area (Å²) in [6, 6.07) is 8.31. The van der Waals surface area contributed by atoms with Gasteiger partial charge in [0.2, 0.25) is 5.91 Å². The molecule has 0 bridgehead atoms. The van der Waals surface area contributed by atoms with Crippen molar-refractivity contribution in [3.63, 3.8) is 0 Å².